The second kappa shape index (κ2) is 9.27. The zero-order chi connectivity index (χ0) is 20.1. The highest BCUT2D eigenvalue weighted by Gasteiger charge is 2.27. The first kappa shape index (κ1) is 22.0. The number of rotatable bonds is 10. The van der Waals surface area contributed by atoms with E-state index < -0.39 is 22.8 Å². The molecule has 0 aliphatic heterocycles. The highest BCUT2D eigenvalue weighted by Crippen LogP contribution is 2.33. The molecule has 0 unspecified atom stereocenters. The summed E-state index contributed by atoms with van der Waals surface area (Å²) in [5.74, 6) is 1.63. The van der Waals surface area contributed by atoms with E-state index in [1.54, 1.807) is 0 Å². The van der Waals surface area contributed by atoms with E-state index in [0.29, 0.717) is 25.7 Å². The van der Waals surface area contributed by atoms with Gasteiger partial charge in [-0.1, -0.05) is 6.07 Å². The maximum Gasteiger partial charge on any atom is 0.411 e. The summed E-state index contributed by atoms with van der Waals surface area (Å²) < 4.78 is 49.2. The van der Waals surface area contributed by atoms with Crippen molar-refractivity contribution < 1.29 is 22.6 Å². The Labute approximate surface area is 159 Å². The molecule has 0 saturated heterocycles. The van der Waals surface area contributed by atoms with Crippen molar-refractivity contribution in [1.29, 1.82) is 0 Å². The first-order chi connectivity index (χ1) is 12.6. The largest absolute Gasteiger partial charge is 0.411 e. The molecule has 0 spiro atoms. The number of halogens is 3. The first-order valence-corrected chi connectivity index (χ1v) is 11.7. The van der Waals surface area contributed by atoms with E-state index in [9.17, 15) is 13.2 Å². The van der Waals surface area contributed by atoms with Crippen LogP contribution in [0.5, 0.6) is 0 Å². The van der Waals surface area contributed by atoms with Crippen molar-refractivity contribution in [3.63, 3.8) is 0 Å². The van der Waals surface area contributed by atoms with Crippen molar-refractivity contribution in [2.75, 3.05) is 44.3 Å². The molecule has 9 heteroatoms. The van der Waals surface area contributed by atoms with E-state index in [0.717, 1.165) is 22.3 Å². The average molecular weight is 408 g/mol. The maximum atomic E-state index is 12.2. The first-order valence-electron chi connectivity index (χ1n) is 8.65. The van der Waals surface area contributed by atoms with Gasteiger partial charge >= 0.3 is 6.18 Å². The normalized spacial score (nSPS) is 13.4. The van der Waals surface area contributed by atoms with Crippen LogP contribution < -0.4 is 5.73 Å². The lowest BCUT2D eigenvalue weighted by atomic mass is 10.2. The molecule has 5 nitrogen and oxygen atoms in total. The van der Waals surface area contributed by atoms with Gasteiger partial charge in [0.15, 0.2) is 0 Å². The maximum absolute atomic E-state index is 12.2. The van der Waals surface area contributed by atoms with Crippen molar-refractivity contribution in [3.8, 4) is 0 Å². The lowest BCUT2D eigenvalue weighted by molar-refractivity contribution is -0.173. The molecular weight excluding hydrogens is 379 g/mol. The fourth-order valence-corrected chi connectivity index (χ4v) is 3.12. The number of fused-ring (bicyclic) bond motifs is 1. The standard InChI is InChI=1S/C18H28F3N3O2S/c1-27(2,3)9-8-26-13-24-16-5-4-14(11-22)10-15(16)23-17(24)6-7-25-12-18(19,20)21/h4-5,10H,6-9,11-13,22H2,1-3H3. The van der Waals surface area contributed by atoms with Crippen LogP contribution in [0.4, 0.5) is 13.2 Å². The third-order valence-corrected chi connectivity index (χ3v) is 5.31. The summed E-state index contributed by atoms with van der Waals surface area (Å²) in [5, 5.41) is 0. The number of hydrogen-bond donors (Lipinski definition) is 1. The summed E-state index contributed by atoms with van der Waals surface area (Å²) in [6.45, 7) is 0.0256. The number of imidazole rings is 1. The molecule has 2 rings (SSSR count). The smallest absolute Gasteiger partial charge is 0.372 e. The molecule has 0 fully saturated rings. The highest BCUT2D eigenvalue weighted by atomic mass is 32.3. The molecule has 0 atom stereocenters. The summed E-state index contributed by atoms with van der Waals surface area (Å²) in [6.07, 6.45) is 2.62. The molecule has 2 N–H and O–H groups in total. The number of nitrogens with two attached hydrogens (primary N) is 1. The van der Waals surface area contributed by atoms with Crippen molar-refractivity contribution in [3.05, 3.63) is 29.6 Å². The fraction of sp³-hybridized carbons (Fsp3) is 0.611. The van der Waals surface area contributed by atoms with Crippen molar-refractivity contribution in [1.82, 2.24) is 9.55 Å². The van der Waals surface area contributed by atoms with Crippen LogP contribution in [0.15, 0.2) is 18.2 Å². The van der Waals surface area contributed by atoms with Gasteiger partial charge in [-0.05, 0) is 36.5 Å². The van der Waals surface area contributed by atoms with Gasteiger partial charge in [-0.3, -0.25) is 0 Å². The zero-order valence-corrected chi connectivity index (χ0v) is 16.8. The van der Waals surface area contributed by atoms with Crippen LogP contribution in [0, 0.1) is 0 Å². The minimum absolute atomic E-state index is 0.0568. The molecule has 2 aromatic rings. The van der Waals surface area contributed by atoms with Crippen LogP contribution in [0.25, 0.3) is 11.0 Å². The zero-order valence-electron chi connectivity index (χ0n) is 16.0. The molecule has 1 aromatic heterocycles. The Kier molecular flexibility index (Phi) is 7.55. The van der Waals surface area contributed by atoms with E-state index in [1.165, 1.54) is 0 Å². The summed E-state index contributed by atoms with van der Waals surface area (Å²) >= 11 is 0. The predicted octanol–water partition coefficient (Wildman–Crippen LogP) is 3.28. The number of ether oxygens (including phenoxy) is 2. The lowest BCUT2D eigenvalue weighted by Crippen LogP contribution is -2.19. The van der Waals surface area contributed by atoms with E-state index in [1.807, 2.05) is 22.8 Å². The van der Waals surface area contributed by atoms with Gasteiger partial charge < -0.3 is 19.8 Å². The molecule has 27 heavy (non-hydrogen) atoms. The van der Waals surface area contributed by atoms with Gasteiger partial charge in [-0.15, -0.1) is 0 Å². The Morgan fingerprint density at radius 2 is 1.89 bits per heavy atom. The molecular formula is C18H28F3N3O2S. The van der Waals surface area contributed by atoms with E-state index in [-0.39, 0.29) is 13.0 Å². The summed E-state index contributed by atoms with van der Waals surface area (Å²) in [7, 11) is -0.649. The van der Waals surface area contributed by atoms with Crippen LogP contribution in [-0.4, -0.2) is 60.1 Å². The van der Waals surface area contributed by atoms with Crippen LogP contribution in [0.1, 0.15) is 11.4 Å². The Morgan fingerprint density at radius 1 is 1.15 bits per heavy atom. The highest BCUT2D eigenvalue weighted by molar-refractivity contribution is 8.32. The molecule has 0 radical (unpaired) electrons. The van der Waals surface area contributed by atoms with E-state index in [4.69, 9.17) is 15.2 Å². The molecule has 0 aliphatic rings. The number of aromatic nitrogens is 2. The Morgan fingerprint density at radius 3 is 2.52 bits per heavy atom. The molecule has 154 valence electrons. The van der Waals surface area contributed by atoms with Gasteiger partial charge in [0.2, 0.25) is 0 Å². The molecule has 1 aromatic carbocycles. The van der Waals surface area contributed by atoms with E-state index in [2.05, 4.69) is 23.8 Å². The number of benzene rings is 1. The van der Waals surface area contributed by atoms with Gasteiger partial charge in [0.05, 0.1) is 24.2 Å². The van der Waals surface area contributed by atoms with Gasteiger partial charge in [0.25, 0.3) is 0 Å². The number of hydrogen-bond acceptors (Lipinski definition) is 4. The van der Waals surface area contributed by atoms with Crippen LogP contribution in [-0.2, 0) is 29.2 Å². The summed E-state index contributed by atoms with van der Waals surface area (Å²) in [4.78, 5) is 4.55. The lowest BCUT2D eigenvalue weighted by Gasteiger charge is -2.24. The van der Waals surface area contributed by atoms with Crippen molar-refractivity contribution in [2.45, 2.75) is 25.9 Å². The van der Waals surface area contributed by atoms with Crippen molar-refractivity contribution in [2.24, 2.45) is 5.73 Å². The second-order valence-electron chi connectivity index (χ2n) is 7.23. The third-order valence-electron chi connectivity index (χ3n) is 3.92. The topological polar surface area (TPSA) is 62.3 Å². The summed E-state index contributed by atoms with van der Waals surface area (Å²) in [6, 6.07) is 5.73. The van der Waals surface area contributed by atoms with Gasteiger partial charge in [-0.2, -0.15) is 13.2 Å². The van der Waals surface area contributed by atoms with Crippen LogP contribution in [0.2, 0.25) is 0 Å². The summed E-state index contributed by atoms with van der Waals surface area (Å²) in [5.41, 5.74) is 8.26. The molecule has 0 bridgehead atoms. The van der Waals surface area contributed by atoms with E-state index >= 15 is 0 Å². The minimum atomic E-state index is -4.32. The minimum Gasteiger partial charge on any atom is -0.372 e. The Hall–Kier alpha value is -1.29. The Bertz CT molecular complexity index is 742. The second-order valence-corrected chi connectivity index (χ2v) is 11.8. The van der Waals surface area contributed by atoms with Gasteiger partial charge in [0, 0.05) is 18.7 Å². The number of alkyl halides is 3. The molecule has 1 heterocycles. The third kappa shape index (κ3) is 7.33. The fourth-order valence-electron chi connectivity index (χ4n) is 2.50. The van der Waals surface area contributed by atoms with Crippen LogP contribution >= 0.6 is 10.0 Å². The molecule has 0 aliphatic carbocycles. The number of nitrogens with zero attached hydrogens (tertiary/aromatic N) is 2. The van der Waals surface area contributed by atoms with Gasteiger partial charge in [0.1, 0.15) is 19.2 Å². The average Bonchev–Trinajstić information content (AvgIpc) is 2.90. The van der Waals surface area contributed by atoms with Crippen molar-refractivity contribution >= 4 is 21.1 Å². The molecule has 0 saturated carbocycles. The monoisotopic (exact) mass is 407 g/mol. The Balaban J connectivity index is 2.10. The SMILES string of the molecule is CS(C)(C)CCOCn1c(CCOCC(F)(F)F)nc2cc(CN)ccc21. The van der Waals surface area contributed by atoms with Crippen LogP contribution in [0.3, 0.4) is 0 Å². The quantitative estimate of drug-likeness (QED) is 0.614. The molecule has 0 amide bonds. The van der Waals surface area contributed by atoms with Gasteiger partial charge in [-0.25, -0.2) is 15.0 Å². The predicted molar refractivity (Wildman–Crippen MR) is 104 cm³/mol.